The third-order valence-corrected chi connectivity index (χ3v) is 7.65. The van der Waals surface area contributed by atoms with Crippen molar-refractivity contribution < 1.29 is 19.2 Å². The van der Waals surface area contributed by atoms with E-state index in [1.165, 1.54) is 21.6 Å². The number of benzene rings is 1. The van der Waals surface area contributed by atoms with Crippen LogP contribution in [0.4, 0.5) is 5.69 Å². The van der Waals surface area contributed by atoms with Gasteiger partial charge in [-0.1, -0.05) is 25.0 Å². The van der Waals surface area contributed by atoms with Gasteiger partial charge in [-0.2, -0.15) is 11.8 Å². The Labute approximate surface area is 198 Å². The first-order valence-corrected chi connectivity index (χ1v) is 13.5. The summed E-state index contributed by atoms with van der Waals surface area (Å²) in [4.78, 5) is 55.6. The molecule has 0 aromatic heterocycles. The third kappa shape index (κ3) is 5.31. The Bertz CT molecular complexity index is 855. The summed E-state index contributed by atoms with van der Waals surface area (Å²) in [7, 11) is 1.55. The summed E-state index contributed by atoms with van der Waals surface area (Å²) in [5, 5.41) is 2.85. The lowest BCUT2D eigenvalue weighted by Gasteiger charge is -2.29. The molecule has 4 amide bonds. The second kappa shape index (κ2) is 11.2. The van der Waals surface area contributed by atoms with E-state index < -0.39 is 6.04 Å². The van der Waals surface area contributed by atoms with Gasteiger partial charge in [-0.3, -0.25) is 24.1 Å². The van der Waals surface area contributed by atoms with Crippen molar-refractivity contribution in [3.63, 3.8) is 0 Å². The number of imide groups is 1. The molecule has 0 radical (unpaired) electrons. The highest BCUT2D eigenvalue weighted by atomic mass is 32.2. The number of nitrogens with zero attached hydrogens (tertiary/aromatic N) is 2. The van der Waals surface area contributed by atoms with Gasteiger partial charge in [0.25, 0.3) is 0 Å². The van der Waals surface area contributed by atoms with Crippen molar-refractivity contribution in [3.8, 4) is 0 Å². The van der Waals surface area contributed by atoms with Crippen LogP contribution in [0, 0.1) is 11.8 Å². The van der Waals surface area contributed by atoms with Crippen molar-refractivity contribution in [1.82, 2.24) is 9.80 Å². The minimum Gasteiger partial charge on any atom is -0.335 e. The van der Waals surface area contributed by atoms with E-state index in [4.69, 9.17) is 0 Å². The van der Waals surface area contributed by atoms with Gasteiger partial charge in [0, 0.05) is 11.9 Å². The van der Waals surface area contributed by atoms with Crippen LogP contribution in [0.3, 0.4) is 0 Å². The summed E-state index contributed by atoms with van der Waals surface area (Å²) in [6, 6.07) is 6.61. The molecule has 1 N–H and O–H groups in total. The zero-order valence-corrected chi connectivity index (χ0v) is 20.5. The Morgan fingerprint density at radius 3 is 2.34 bits per heavy atom. The van der Waals surface area contributed by atoms with Gasteiger partial charge in [-0.15, -0.1) is 11.8 Å². The number of fused-ring (bicyclic) bond motifs is 1. The van der Waals surface area contributed by atoms with E-state index in [1.54, 1.807) is 18.8 Å². The first-order chi connectivity index (χ1) is 15.4. The predicted octanol–water partition coefficient (Wildman–Crippen LogP) is 3.10. The smallest absolute Gasteiger partial charge is 0.246 e. The number of hydrogen-bond donors (Lipinski definition) is 1. The third-order valence-electron chi connectivity index (χ3n) is 6.21. The molecule has 2 fully saturated rings. The number of anilines is 1. The molecule has 1 aromatic rings. The molecule has 1 aliphatic heterocycles. The van der Waals surface area contributed by atoms with Crippen LogP contribution in [0.2, 0.25) is 0 Å². The maximum absolute atomic E-state index is 13.3. The number of likely N-dealkylation sites (tertiary alicyclic amines) is 1. The number of rotatable bonds is 9. The Balaban J connectivity index is 1.71. The molecular weight excluding hydrogens is 446 g/mol. The molecule has 3 unspecified atom stereocenters. The van der Waals surface area contributed by atoms with Gasteiger partial charge < -0.3 is 10.2 Å². The van der Waals surface area contributed by atoms with Crippen LogP contribution in [0.1, 0.15) is 32.1 Å². The van der Waals surface area contributed by atoms with Crippen LogP contribution in [-0.2, 0) is 19.2 Å². The summed E-state index contributed by atoms with van der Waals surface area (Å²) in [6.07, 6.45) is 7.54. The van der Waals surface area contributed by atoms with E-state index in [0.29, 0.717) is 30.7 Å². The average molecular weight is 478 g/mol. The molecule has 3 rings (SSSR count). The second-order valence-corrected chi connectivity index (χ2v) is 10.1. The zero-order chi connectivity index (χ0) is 23.3. The first kappa shape index (κ1) is 24.6. The maximum atomic E-state index is 13.3. The highest BCUT2D eigenvalue weighted by molar-refractivity contribution is 7.98. The van der Waals surface area contributed by atoms with Crippen LogP contribution in [0.25, 0.3) is 0 Å². The van der Waals surface area contributed by atoms with Gasteiger partial charge in [0.1, 0.15) is 6.04 Å². The Morgan fingerprint density at radius 1 is 1.12 bits per heavy atom. The van der Waals surface area contributed by atoms with E-state index in [-0.39, 0.29) is 42.0 Å². The number of thioether (sulfide) groups is 2. The molecule has 9 heteroatoms. The number of carbonyl (C=O) groups is 4. The van der Waals surface area contributed by atoms with E-state index in [1.807, 2.05) is 36.8 Å². The molecule has 32 heavy (non-hydrogen) atoms. The lowest BCUT2D eigenvalue weighted by Crippen LogP contribution is -2.52. The van der Waals surface area contributed by atoms with Gasteiger partial charge in [0.2, 0.25) is 23.6 Å². The van der Waals surface area contributed by atoms with Gasteiger partial charge >= 0.3 is 0 Å². The lowest BCUT2D eigenvalue weighted by atomic mass is 9.81. The molecule has 1 saturated heterocycles. The molecule has 2 aliphatic rings. The van der Waals surface area contributed by atoms with Crippen molar-refractivity contribution in [1.29, 1.82) is 0 Å². The lowest BCUT2D eigenvalue weighted by molar-refractivity contribution is -0.151. The van der Waals surface area contributed by atoms with Crippen LogP contribution >= 0.6 is 23.5 Å². The van der Waals surface area contributed by atoms with Crippen molar-refractivity contribution in [3.05, 3.63) is 24.3 Å². The largest absolute Gasteiger partial charge is 0.335 e. The Morgan fingerprint density at radius 2 is 1.75 bits per heavy atom. The SMILES string of the molecule is CSCCC(C(=O)N(C)CC(=O)Nc1ccccc1SC)N1C(=O)C2CCCCC2C1=O. The van der Waals surface area contributed by atoms with Crippen molar-refractivity contribution in [2.24, 2.45) is 11.8 Å². The van der Waals surface area contributed by atoms with Gasteiger partial charge in [0.15, 0.2) is 0 Å². The molecular formula is C23H31N3O4S2. The topological polar surface area (TPSA) is 86.8 Å². The normalized spacial score (nSPS) is 21.3. The molecule has 0 spiro atoms. The molecule has 1 aliphatic carbocycles. The summed E-state index contributed by atoms with van der Waals surface area (Å²) in [5.74, 6) is -1.07. The van der Waals surface area contributed by atoms with Crippen LogP contribution in [-0.4, -0.2) is 71.3 Å². The Hall–Kier alpha value is -2.00. The highest BCUT2D eigenvalue weighted by Gasteiger charge is 2.52. The standard InChI is InChI=1S/C23H31N3O4S2/c1-25(14-20(27)24-17-10-6-7-11-19(17)32-3)23(30)18(12-13-31-2)26-21(28)15-8-4-5-9-16(15)22(26)29/h6-7,10-11,15-16,18H,4-5,8-9,12-14H2,1-3H3,(H,24,27). The average Bonchev–Trinajstić information content (AvgIpc) is 3.05. The van der Waals surface area contributed by atoms with E-state index in [0.717, 1.165) is 17.7 Å². The maximum Gasteiger partial charge on any atom is 0.246 e. The summed E-state index contributed by atoms with van der Waals surface area (Å²) >= 11 is 3.09. The molecule has 7 nitrogen and oxygen atoms in total. The summed E-state index contributed by atoms with van der Waals surface area (Å²) in [6.45, 7) is -0.152. The number of likely N-dealkylation sites (N-methyl/N-ethyl adjacent to an activating group) is 1. The number of carbonyl (C=O) groups excluding carboxylic acids is 4. The highest BCUT2D eigenvalue weighted by Crippen LogP contribution is 2.39. The molecule has 1 saturated carbocycles. The van der Waals surface area contributed by atoms with Crippen molar-refractivity contribution in [2.45, 2.75) is 43.0 Å². The number of hydrogen-bond acceptors (Lipinski definition) is 6. The van der Waals surface area contributed by atoms with Gasteiger partial charge in [-0.25, -0.2) is 0 Å². The minimum absolute atomic E-state index is 0.152. The van der Waals surface area contributed by atoms with Crippen LogP contribution in [0.5, 0.6) is 0 Å². The molecule has 174 valence electrons. The summed E-state index contributed by atoms with van der Waals surface area (Å²) in [5.41, 5.74) is 0.693. The van der Waals surface area contributed by atoms with E-state index in [2.05, 4.69) is 5.32 Å². The quantitative estimate of drug-likeness (QED) is 0.434. The fourth-order valence-electron chi connectivity index (χ4n) is 4.57. The van der Waals surface area contributed by atoms with Crippen LogP contribution < -0.4 is 5.32 Å². The fourth-order valence-corrected chi connectivity index (χ4v) is 5.59. The van der Waals surface area contributed by atoms with Crippen molar-refractivity contribution >= 4 is 52.8 Å². The zero-order valence-electron chi connectivity index (χ0n) is 18.8. The van der Waals surface area contributed by atoms with Gasteiger partial charge in [-0.05, 0) is 49.7 Å². The Kier molecular flexibility index (Phi) is 8.64. The van der Waals surface area contributed by atoms with E-state index >= 15 is 0 Å². The van der Waals surface area contributed by atoms with Crippen molar-refractivity contribution in [2.75, 3.05) is 37.2 Å². The fraction of sp³-hybridized carbons (Fsp3) is 0.565. The molecule has 3 atom stereocenters. The second-order valence-electron chi connectivity index (χ2n) is 8.28. The molecule has 1 aromatic carbocycles. The van der Waals surface area contributed by atoms with Crippen LogP contribution in [0.15, 0.2) is 29.2 Å². The summed E-state index contributed by atoms with van der Waals surface area (Å²) < 4.78 is 0. The van der Waals surface area contributed by atoms with E-state index in [9.17, 15) is 19.2 Å². The monoisotopic (exact) mass is 477 g/mol. The number of amides is 4. The molecule has 0 bridgehead atoms. The minimum atomic E-state index is -0.857. The molecule has 1 heterocycles. The van der Waals surface area contributed by atoms with Gasteiger partial charge in [0.05, 0.1) is 24.1 Å². The predicted molar refractivity (Wildman–Crippen MR) is 129 cm³/mol. The number of para-hydroxylation sites is 1. The first-order valence-electron chi connectivity index (χ1n) is 10.9. The number of nitrogens with one attached hydrogen (secondary N) is 1.